The van der Waals surface area contributed by atoms with Crippen molar-refractivity contribution in [2.45, 2.75) is 38.4 Å². The SMILES string of the molecule is CN=C(NCCCCSC)NCCS(=O)(=O)C(C)(C)C.I. The van der Waals surface area contributed by atoms with E-state index in [4.69, 9.17) is 0 Å². The smallest absolute Gasteiger partial charge is 0.191 e. The maximum absolute atomic E-state index is 12.0. The molecule has 8 heteroatoms. The molecule has 0 aliphatic rings. The minimum Gasteiger partial charge on any atom is -0.356 e. The lowest BCUT2D eigenvalue weighted by molar-refractivity contribution is 0.559. The summed E-state index contributed by atoms with van der Waals surface area (Å²) in [5.74, 6) is 1.94. The topological polar surface area (TPSA) is 70.6 Å². The molecule has 0 spiro atoms. The number of aliphatic imine (C=N–C) groups is 1. The molecule has 0 aromatic carbocycles. The van der Waals surface area contributed by atoms with Gasteiger partial charge in [0.2, 0.25) is 0 Å². The van der Waals surface area contributed by atoms with Gasteiger partial charge in [-0.05, 0) is 45.6 Å². The second-order valence-corrected chi connectivity index (χ2v) is 9.41. The number of unbranched alkanes of at least 4 members (excludes halogenated alkanes) is 1. The first kappa shape index (κ1) is 23.6. The fourth-order valence-electron chi connectivity index (χ4n) is 1.41. The summed E-state index contributed by atoms with van der Waals surface area (Å²) in [4.78, 5) is 4.08. The number of rotatable bonds is 8. The Morgan fingerprint density at radius 3 is 2.19 bits per heavy atom. The van der Waals surface area contributed by atoms with Crippen molar-refractivity contribution in [3.05, 3.63) is 0 Å². The molecular weight excluding hydrogens is 421 g/mol. The quantitative estimate of drug-likeness (QED) is 0.256. The average molecular weight is 451 g/mol. The molecule has 128 valence electrons. The molecule has 0 radical (unpaired) electrons. The molecule has 2 N–H and O–H groups in total. The van der Waals surface area contributed by atoms with Gasteiger partial charge in [-0.15, -0.1) is 24.0 Å². The van der Waals surface area contributed by atoms with Gasteiger partial charge in [0, 0.05) is 20.1 Å². The van der Waals surface area contributed by atoms with Crippen molar-refractivity contribution in [1.82, 2.24) is 10.6 Å². The van der Waals surface area contributed by atoms with Crippen LogP contribution in [0.3, 0.4) is 0 Å². The first-order valence-corrected chi connectivity index (χ1v) is 9.95. The molecule has 0 saturated carbocycles. The Kier molecular flexibility index (Phi) is 13.3. The molecule has 0 amide bonds. The van der Waals surface area contributed by atoms with Crippen molar-refractivity contribution in [2.75, 3.05) is 37.9 Å². The van der Waals surface area contributed by atoms with Crippen LogP contribution in [0, 0.1) is 0 Å². The van der Waals surface area contributed by atoms with Crippen LogP contribution in [-0.4, -0.2) is 57.0 Å². The molecule has 0 rings (SSSR count). The van der Waals surface area contributed by atoms with Crippen molar-refractivity contribution in [1.29, 1.82) is 0 Å². The summed E-state index contributed by atoms with van der Waals surface area (Å²) in [5.41, 5.74) is 0. The van der Waals surface area contributed by atoms with E-state index >= 15 is 0 Å². The average Bonchev–Trinajstić information content (AvgIpc) is 2.35. The van der Waals surface area contributed by atoms with Gasteiger partial charge in [-0.25, -0.2) is 8.42 Å². The molecule has 0 unspecified atom stereocenters. The maximum atomic E-state index is 12.0. The molecule has 0 heterocycles. The Hall–Kier alpha value is 0.300. The van der Waals surface area contributed by atoms with Gasteiger partial charge in [0.05, 0.1) is 10.5 Å². The van der Waals surface area contributed by atoms with E-state index in [1.165, 1.54) is 6.42 Å². The summed E-state index contributed by atoms with van der Waals surface area (Å²) in [5, 5.41) is 6.23. The van der Waals surface area contributed by atoms with Crippen molar-refractivity contribution in [3.63, 3.8) is 0 Å². The second-order valence-electron chi connectivity index (χ2n) is 5.56. The van der Waals surface area contributed by atoms with Crippen LogP contribution in [0.1, 0.15) is 33.6 Å². The second kappa shape index (κ2) is 11.8. The molecular formula is C13H30IN3O2S2. The van der Waals surface area contributed by atoms with E-state index in [1.807, 2.05) is 11.8 Å². The van der Waals surface area contributed by atoms with E-state index < -0.39 is 14.6 Å². The van der Waals surface area contributed by atoms with Gasteiger partial charge in [-0.1, -0.05) is 0 Å². The third kappa shape index (κ3) is 10.6. The lowest BCUT2D eigenvalue weighted by Crippen LogP contribution is -2.42. The highest BCUT2D eigenvalue weighted by Gasteiger charge is 2.28. The van der Waals surface area contributed by atoms with Gasteiger partial charge >= 0.3 is 0 Å². The number of nitrogens with one attached hydrogen (secondary N) is 2. The number of halogens is 1. The van der Waals surface area contributed by atoms with Crippen LogP contribution in [0.25, 0.3) is 0 Å². The van der Waals surface area contributed by atoms with E-state index in [0.717, 1.165) is 18.7 Å². The number of hydrogen-bond donors (Lipinski definition) is 2. The predicted octanol–water partition coefficient (Wildman–Crippen LogP) is 2.13. The van der Waals surface area contributed by atoms with Crippen molar-refractivity contribution < 1.29 is 8.42 Å². The monoisotopic (exact) mass is 451 g/mol. The van der Waals surface area contributed by atoms with Crippen LogP contribution >= 0.6 is 35.7 Å². The fraction of sp³-hybridized carbons (Fsp3) is 0.923. The summed E-state index contributed by atoms with van der Waals surface area (Å²) in [6.45, 7) is 6.40. The first-order chi connectivity index (χ1) is 9.24. The van der Waals surface area contributed by atoms with Crippen LogP contribution in [0.4, 0.5) is 0 Å². The first-order valence-electron chi connectivity index (χ1n) is 6.90. The Morgan fingerprint density at radius 2 is 1.71 bits per heavy atom. The highest BCUT2D eigenvalue weighted by atomic mass is 127. The van der Waals surface area contributed by atoms with Crippen LogP contribution in [0.5, 0.6) is 0 Å². The van der Waals surface area contributed by atoms with E-state index in [2.05, 4.69) is 21.9 Å². The number of guanidine groups is 1. The van der Waals surface area contributed by atoms with Crippen molar-refractivity contribution in [2.24, 2.45) is 4.99 Å². The number of nitrogens with zero attached hydrogens (tertiary/aromatic N) is 1. The fourth-order valence-corrected chi connectivity index (χ4v) is 2.88. The third-order valence-electron chi connectivity index (χ3n) is 2.89. The molecule has 0 saturated heterocycles. The Bertz CT molecular complexity index is 393. The zero-order chi connectivity index (χ0) is 15.6. The van der Waals surface area contributed by atoms with Crippen molar-refractivity contribution in [3.8, 4) is 0 Å². The lowest BCUT2D eigenvalue weighted by Gasteiger charge is -2.19. The summed E-state index contributed by atoms with van der Waals surface area (Å²) in [6, 6.07) is 0. The molecule has 0 aliphatic carbocycles. The van der Waals surface area contributed by atoms with Gasteiger partial charge < -0.3 is 10.6 Å². The molecule has 0 aliphatic heterocycles. The normalized spacial score (nSPS) is 12.7. The van der Waals surface area contributed by atoms with E-state index in [0.29, 0.717) is 12.5 Å². The molecule has 5 nitrogen and oxygen atoms in total. The minimum atomic E-state index is -3.08. The Morgan fingerprint density at radius 1 is 1.14 bits per heavy atom. The third-order valence-corrected chi connectivity index (χ3v) is 6.19. The number of thioether (sulfide) groups is 1. The standard InChI is InChI=1S/C13H29N3O2S2.HI/c1-13(2,3)20(17,18)11-9-16-12(14-4)15-8-6-7-10-19-5;/h6-11H2,1-5H3,(H2,14,15,16);1H. The molecule has 0 aromatic rings. The predicted molar refractivity (Wildman–Crippen MR) is 106 cm³/mol. The highest BCUT2D eigenvalue weighted by Crippen LogP contribution is 2.15. The lowest BCUT2D eigenvalue weighted by atomic mass is 10.3. The molecule has 0 bridgehead atoms. The van der Waals surface area contributed by atoms with Crippen LogP contribution in [0.15, 0.2) is 4.99 Å². The molecule has 21 heavy (non-hydrogen) atoms. The molecule has 0 atom stereocenters. The maximum Gasteiger partial charge on any atom is 0.191 e. The van der Waals surface area contributed by atoms with Crippen LogP contribution < -0.4 is 10.6 Å². The zero-order valence-electron chi connectivity index (χ0n) is 13.7. The van der Waals surface area contributed by atoms with E-state index in [-0.39, 0.29) is 29.7 Å². The molecule has 0 fully saturated rings. The summed E-state index contributed by atoms with van der Waals surface area (Å²) < 4.78 is 23.2. The Balaban J connectivity index is 0. The van der Waals surface area contributed by atoms with Gasteiger partial charge in [-0.2, -0.15) is 11.8 Å². The zero-order valence-corrected chi connectivity index (χ0v) is 17.7. The Labute approximate surface area is 151 Å². The summed E-state index contributed by atoms with van der Waals surface area (Å²) >= 11 is 1.84. The number of hydrogen-bond acceptors (Lipinski definition) is 4. The molecule has 0 aromatic heterocycles. The van der Waals surface area contributed by atoms with Gasteiger partial charge in [0.25, 0.3) is 0 Å². The van der Waals surface area contributed by atoms with Gasteiger partial charge in [0.15, 0.2) is 15.8 Å². The highest BCUT2D eigenvalue weighted by molar-refractivity contribution is 14.0. The minimum absolute atomic E-state index is 0. The van der Waals surface area contributed by atoms with E-state index in [1.54, 1.807) is 27.8 Å². The largest absolute Gasteiger partial charge is 0.356 e. The van der Waals surface area contributed by atoms with Gasteiger partial charge in [-0.3, -0.25) is 4.99 Å². The summed E-state index contributed by atoms with van der Waals surface area (Å²) in [7, 11) is -1.39. The van der Waals surface area contributed by atoms with Crippen LogP contribution in [0.2, 0.25) is 0 Å². The van der Waals surface area contributed by atoms with Crippen LogP contribution in [-0.2, 0) is 9.84 Å². The summed E-state index contributed by atoms with van der Waals surface area (Å²) in [6.07, 6.45) is 4.36. The van der Waals surface area contributed by atoms with Gasteiger partial charge in [0.1, 0.15) is 0 Å². The van der Waals surface area contributed by atoms with Crippen molar-refractivity contribution >= 4 is 51.5 Å². The van der Waals surface area contributed by atoms with E-state index in [9.17, 15) is 8.42 Å². The number of sulfone groups is 1.